The lowest BCUT2D eigenvalue weighted by atomic mass is 9.95. The smallest absolute Gasteiger partial charge is 0.225 e. The van der Waals surface area contributed by atoms with Crippen LogP contribution in [0.5, 0.6) is 0 Å². The fourth-order valence-electron chi connectivity index (χ4n) is 3.13. The van der Waals surface area contributed by atoms with Crippen LogP contribution in [0, 0.1) is 5.92 Å². The summed E-state index contributed by atoms with van der Waals surface area (Å²) in [6.07, 6.45) is 5.20. The third kappa shape index (κ3) is 3.40. The van der Waals surface area contributed by atoms with Crippen molar-refractivity contribution in [2.75, 3.05) is 42.6 Å². The average Bonchev–Trinajstić information content (AvgIpc) is 2.55. The molecule has 1 aromatic heterocycles. The lowest BCUT2D eigenvalue weighted by Gasteiger charge is -2.36. The van der Waals surface area contributed by atoms with Gasteiger partial charge >= 0.3 is 0 Å². The Morgan fingerprint density at radius 2 is 1.64 bits per heavy atom. The van der Waals surface area contributed by atoms with Gasteiger partial charge in [0.15, 0.2) is 9.84 Å². The standard InChI is InChI=1S/C15H21N3O3S/c19-15(18-9-11-22(20,21)12-10-18)13-3-7-17(8-4-13)14-1-5-16-6-2-14/h1-2,5-6,13H,3-4,7-12H2. The largest absolute Gasteiger partial charge is 0.371 e. The first kappa shape index (κ1) is 15.3. The number of pyridine rings is 1. The van der Waals surface area contributed by atoms with Crippen molar-refractivity contribution in [1.29, 1.82) is 0 Å². The second kappa shape index (κ2) is 6.24. The number of carbonyl (C=O) groups excluding carboxylic acids is 1. The van der Waals surface area contributed by atoms with Gasteiger partial charge in [-0.3, -0.25) is 9.78 Å². The van der Waals surface area contributed by atoms with Gasteiger partial charge in [-0.25, -0.2) is 8.42 Å². The topological polar surface area (TPSA) is 70.6 Å². The van der Waals surface area contributed by atoms with Gasteiger partial charge in [-0.15, -0.1) is 0 Å². The SMILES string of the molecule is O=C(C1CCN(c2ccncc2)CC1)N1CCS(=O)(=O)CC1. The summed E-state index contributed by atoms with van der Waals surface area (Å²) in [6, 6.07) is 3.97. The Labute approximate surface area is 131 Å². The maximum atomic E-state index is 12.5. The number of hydrogen-bond acceptors (Lipinski definition) is 5. The summed E-state index contributed by atoms with van der Waals surface area (Å²) in [4.78, 5) is 20.5. The van der Waals surface area contributed by atoms with Crippen molar-refractivity contribution in [3.8, 4) is 0 Å². The molecule has 0 N–H and O–H groups in total. The minimum Gasteiger partial charge on any atom is -0.371 e. The normalized spacial score (nSPS) is 22.5. The van der Waals surface area contributed by atoms with Gasteiger partial charge in [0.25, 0.3) is 0 Å². The van der Waals surface area contributed by atoms with Crippen molar-refractivity contribution < 1.29 is 13.2 Å². The molecule has 2 fully saturated rings. The van der Waals surface area contributed by atoms with Crippen LogP contribution < -0.4 is 4.90 Å². The number of hydrogen-bond donors (Lipinski definition) is 0. The number of sulfone groups is 1. The lowest BCUT2D eigenvalue weighted by molar-refractivity contribution is -0.135. The van der Waals surface area contributed by atoms with Gasteiger partial charge in [0.05, 0.1) is 11.5 Å². The fourth-order valence-corrected chi connectivity index (χ4v) is 4.33. The number of nitrogens with zero attached hydrogens (tertiary/aromatic N) is 3. The Hall–Kier alpha value is -1.63. The average molecular weight is 323 g/mol. The minimum atomic E-state index is -2.93. The molecule has 0 spiro atoms. The highest BCUT2D eigenvalue weighted by Gasteiger charge is 2.31. The number of aromatic nitrogens is 1. The van der Waals surface area contributed by atoms with Crippen LogP contribution >= 0.6 is 0 Å². The minimum absolute atomic E-state index is 0.0268. The molecule has 3 heterocycles. The van der Waals surface area contributed by atoms with Crippen molar-refractivity contribution >= 4 is 21.4 Å². The van der Waals surface area contributed by atoms with E-state index in [9.17, 15) is 13.2 Å². The van der Waals surface area contributed by atoms with E-state index in [4.69, 9.17) is 0 Å². The first-order valence-electron chi connectivity index (χ1n) is 7.69. The summed E-state index contributed by atoms with van der Waals surface area (Å²) in [6.45, 7) is 2.41. The van der Waals surface area contributed by atoms with E-state index in [0.717, 1.165) is 31.6 Å². The molecule has 1 aromatic rings. The highest BCUT2D eigenvalue weighted by atomic mass is 32.2. The molecule has 22 heavy (non-hydrogen) atoms. The van der Waals surface area contributed by atoms with Crippen molar-refractivity contribution in [2.45, 2.75) is 12.8 Å². The van der Waals surface area contributed by atoms with Crippen molar-refractivity contribution in [1.82, 2.24) is 9.88 Å². The van der Waals surface area contributed by atoms with Crippen molar-refractivity contribution in [3.05, 3.63) is 24.5 Å². The molecule has 0 saturated carbocycles. The van der Waals surface area contributed by atoms with Gasteiger partial charge in [0.2, 0.25) is 5.91 Å². The zero-order valence-corrected chi connectivity index (χ0v) is 13.3. The third-order valence-electron chi connectivity index (χ3n) is 4.53. The summed E-state index contributed by atoms with van der Waals surface area (Å²) >= 11 is 0. The molecule has 1 amide bonds. The van der Waals surface area contributed by atoms with Crippen LogP contribution in [0.1, 0.15) is 12.8 Å². The van der Waals surface area contributed by atoms with Crippen LogP contribution in [0.4, 0.5) is 5.69 Å². The van der Waals surface area contributed by atoms with Crippen LogP contribution in [-0.4, -0.2) is 61.9 Å². The molecule has 120 valence electrons. The molecular weight excluding hydrogens is 302 g/mol. The second-order valence-corrected chi connectivity index (χ2v) is 8.25. The van der Waals surface area contributed by atoms with E-state index in [0.29, 0.717) is 13.1 Å². The maximum absolute atomic E-state index is 12.5. The summed E-state index contributed by atoms with van der Waals surface area (Å²) < 4.78 is 22.9. The summed E-state index contributed by atoms with van der Waals surface area (Å²) in [7, 11) is -2.93. The molecule has 6 nitrogen and oxygen atoms in total. The lowest BCUT2D eigenvalue weighted by Crippen LogP contribution is -2.48. The van der Waals surface area contributed by atoms with E-state index in [1.165, 1.54) is 0 Å². The summed E-state index contributed by atoms with van der Waals surface area (Å²) in [5.74, 6) is 0.367. The third-order valence-corrected chi connectivity index (χ3v) is 6.14. The number of piperidine rings is 1. The molecule has 0 atom stereocenters. The van der Waals surface area contributed by atoms with E-state index < -0.39 is 9.84 Å². The Morgan fingerprint density at radius 3 is 2.23 bits per heavy atom. The molecule has 0 aromatic carbocycles. The molecule has 7 heteroatoms. The van der Waals surface area contributed by atoms with E-state index in [1.54, 1.807) is 17.3 Å². The van der Waals surface area contributed by atoms with Gasteiger partial charge in [0, 0.05) is 50.2 Å². The predicted molar refractivity (Wildman–Crippen MR) is 84.4 cm³/mol. The van der Waals surface area contributed by atoms with E-state index in [1.807, 2.05) is 12.1 Å². The second-order valence-electron chi connectivity index (χ2n) is 5.94. The highest BCUT2D eigenvalue weighted by molar-refractivity contribution is 7.91. The van der Waals surface area contributed by atoms with Gasteiger partial charge in [-0.2, -0.15) is 0 Å². The van der Waals surface area contributed by atoms with Crippen molar-refractivity contribution in [2.24, 2.45) is 5.92 Å². The predicted octanol–water partition coefficient (Wildman–Crippen LogP) is 0.555. The van der Waals surface area contributed by atoms with Gasteiger partial charge in [-0.1, -0.05) is 0 Å². The van der Waals surface area contributed by atoms with E-state index in [-0.39, 0.29) is 23.3 Å². The quantitative estimate of drug-likeness (QED) is 0.795. The van der Waals surface area contributed by atoms with Crippen LogP contribution in [0.15, 0.2) is 24.5 Å². The van der Waals surface area contributed by atoms with Gasteiger partial charge in [-0.05, 0) is 25.0 Å². The molecule has 0 unspecified atom stereocenters. The van der Waals surface area contributed by atoms with E-state index >= 15 is 0 Å². The van der Waals surface area contributed by atoms with Gasteiger partial charge in [0.1, 0.15) is 0 Å². The first-order valence-corrected chi connectivity index (χ1v) is 9.51. The summed E-state index contributed by atoms with van der Waals surface area (Å²) in [5, 5.41) is 0. The number of amides is 1. The molecule has 2 aliphatic rings. The number of rotatable bonds is 2. The summed E-state index contributed by atoms with van der Waals surface area (Å²) in [5.41, 5.74) is 1.14. The van der Waals surface area contributed by atoms with E-state index in [2.05, 4.69) is 9.88 Å². The first-order chi connectivity index (χ1) is 10.6. The van der Waals surface area contributed by atoms with Crippen molar-refractivity contribution in [3.63, 3.8) is 0 Å². The molecule has 2 aliphatic heterocycles. The maximum Gasteiger partial charge on any atom is 0.225 e. The zero-order chi connectivity index (χ0) is 15.6. The molecular formula is C15H21N3O3S. The Morgan fingerprint density at radius 1 is 1.05 bits per heavy atom. The molecule has 3 rings (SSSR count). The zero-order valence-electron chi connectivity index (χ0n) is 12.5. The molecule has 0 bridgehead atoms. The Kier molecular flexibility index (Phi) is 4.33. The molecule has 0 radical (unpaired) electrons. The molecule has 0 aliphatic carbocycles. The number of carbonyl (C=O) groups is 1. The molecule has 2 saturated heterocycles. The Bertz CT molecular complexity index is 611. The number of anilines is 1. The van der Waals surface area contributed by atoms with Crippen LogP contribution in [0.3, 0.4) is 0 Å². The Balaban J connectivity index is 1.54. The monoisotopic (exact) mass is 323 g/mol. The highest BCUT2D eigenvalue weighted by Crippen LogP contribution is 2.24. The van der Waals surface area contributed by atoms with Crippen LogP contribution in [0.2, 0.25) is 0 Å². The van der Waals surface area contributed by atoms with Gasteiger partial charge < -0.3 is 9.80 Å². The fraction of sp³-hybridized carbons (Fsp3) is 0.600. The van der Waals surface area contributed by atoms with Crippen LogP contribution in [-0.2, 0) is 14.6 Å². The van der Waals surface area contributed by atoms with Crippen LogP contribution in [0.25, 0.3) is 0 Å².